The molecular formula is C8H11NO8. The molecule has 9 heteroatoms. The van der Waals surface area contributed by atoms with Gasteiger partial charge in [0, 0.05) is 5.64 Å². The van der Waals surface area contributed by atoms with Crippen molar-refractivity contribution in [1.82, 2.24) is 5.64 Å². The summed E-state index contributed by atoms with van der Waals surface area (Å²) in [5, 5.41) is 16.5. The Morgan fingerprint density at radius 3 is 1.41 bits per heavy atom. The molecule has 0 aliphatic carbocycles. The molecule has 0 unspecified atom stereocenters. The van der Waals surface area contributed by atoms with E-state index in [0.29, 0.717) is 0 Å². The lowest BCUT2D eigenvalue weighted by atomic mass is 10.3. The van der Waals surface area contributed by atoms with E-state index >= 15 is 0 Å². The van der Waals surface area contributed by atoms with Crippen LogP contribution in [0.4, 0.5) is 0 Å². The molecule has 0 amide bonds. The van der Waals surface area contributed by atoms with Crippen LogP contribution in [0.15, 0.2) is 0 Å². The molecule has 9 nitrogen and oxygen atoms in total. The summed E-state index contributed by atoms with van der Waals surface area (Å²) >= 11 is 0. The van der Waals surface area contributed by atoms with Gasteiger partial charge in [-0.2, -0.15) is 0 Å². The predicted molar refractivity (Wildman–Crippen MR) is 49.1 cm³/mol. The van der Waals surface area contributed by atoms with Gasteiger partial charge in [0.25, 0.3) is 0 Å². The standard InChI is InChI=1S/C8H11NO8/c10-5(11)1-3-7(14)16-9-17-8(15)4-2-6(12)13/h9H,1-4H2,(H,10,11)(H,12,13). The van der Waals surface area contributed by atoms with Gasteiger partial charge in [-0.15, -0.1) is 0 Å². The van der Waals surface area contributed by atoms with Crippen molar-refractivity contribution in [3.05, 3.63) is 0 Å². The Morgan fingerprint density at radius 1 is 0.765 bits per heavy atom. The zero-order valence-corrected chi connectivity index (χ0v) is 8.67. The number of hydrogen-bond acceptors (Lipinski definition) is 7. The number of hydrogen-bond donors (Lipinski definition) is 3. The fraction of sp³-hybridized carbons (Fsp3) is 0.500. The highest BCUT2D eigenvalue weighted by Gasteiger charge is 2.09. The molecule has 0 heterocycles. The first-order valence-corrected chi connectivity index (χ1v) is 4.49. The summed E-state index contributed by atoms with van der Waals surface area (Å²) in [7, 11) is 0. The normalized spacial score (nSPS) is 9.41. The summed E-state index contributed by atoms with van der Waals surface area (Å²) in [6.45, 7) is 0. The Balaban J connectivity index is 3.55. The quantitative estimate of drug-likeness (QED) is 0.472. The van der Waals surface area contributed by atoms with Crippen molar-refractivity contribution in [2.75, 3.05) is 0 Å². The minimum absolute atomic E-state index is 0.380. The van der Waals surface area contributed by atoms with Crippen molar-refractivity contribution >= 4 is 23.9 Å². The van der Waals surface area contributed by atoms with E-state index in [1.54, 1.807) is 5.64 Å². The number of nitrogens with one attached hydrogen (secondary N) is 1. The van der Waals surface area contributed by atoms with E-state index < -0.39 is 36.7 Å². The third-order valence-corrected chi connectivity index (χ3v) is 1.40. The van der Waals surface area contributed by atoms with Crippen molar-refractivity contribution in [3.8, 4) is 0 Å². The van der Waals surface area contributed by atoms with Crippen LogP contribution in [0.25, 0.3) is 0 Å². The summed E-state index contributed by atoms with van der Waals surface area (Å²) in [4.78, 5) is 49.9. The van der Waals surface area contributed by atoms with Crippen molar-refractivity contribution in [2.45, 2.75) is 25.7 Å². The minimum atomic E-state index is -1.17. The van der Waals surface area contributed by atoms with E-state index in [1.807, 2.05) is 0 Å². The molecule has 0 aliphatic rings. The van der Waals surface area contributed by atoms with Gasteiger partial charge >= 0.3 is 23.9 Å². The van der Waals surface area contributed by atoms with Crippen LogP contribution in [0, 0.1) is 0 Å². The summed E-state index contributed by atoms with van der Waals surface area (Å²) in [5.74, 6) is -4.17. The van der Waals surface area contributed by atoms with Crippen LogP contribution in [0.5, 0.6) is 0 Å². The maximum Gasteiger partial charge on any atom is 0.329 e. The van der Waals surface area contributed by atoms with E-state index in [4.69, 9.17) is 10.2 Å². The molecule has 17 heavy (non-hydrogen) atoms. The molecule has 0 aliphatic heterocycles. The molecule has 0 atom stereocenters. The number of carboxylic acids is 2. The van der Waals surface area contributed by atoms with Crippen LogP contribution in [0.1, 0.15) is 25.7 Å². The second kappa shape index (κ2) is 8.05. The van der Waals surface area contributed by atoms with Gasteiger partial charge in [0.2, 0.25) is 0 Å². The van der Waals surface area contributed by atoms with Gasteiger partial charge in [-0.25, -0.2) is 0 Å². The lowest BCUT2D eigenvalue weighted by Crippen LogP contribution is -2.24. The lowest BCUT2D eigenvalue weighted by molar-refractivity contribution is -0.199. The molecule has 3 N–H and O–H groups in total. The third-order valence-electron chi connectivity index (χ3n) is 1.40. The number of carbonyl (C=O) groups excluding carboxylic acids is 2. The van der Waals surface area contributed by atoms with Crippen LogP contribution in [-0.4, -0.2) is 34.1 Å². The van der Waals surface area contributed by atoms with Gasteiger partial charge in [-0.3, -0.25) is 19.2 Å². The first kappa shape index (κ1) is 14.8. The zero-order chi connectivity index (χ0) is 13.3. The fourth-order valence-electron chi connectivity index (χ4n) is 0.634. The second-order valence-corrected chi connectivity index (χ2v) is 2.82. The number of aliphatic carboxylic acids is 2. The fourth-order valence-corrected chi connectivity index (χ4v) is 0.634. The van der Waals surface area contributed by atoms with Crippen molar-refractivity contribution in [2.24, 2.45) is 0 Å². The van der Waals surface area contributed by atoms with E-state index in [9.17, 15) is 19.2 Å². The van der Waals surface area contributed by atoms with E-state index in [0.717, 1.165) is 0 Å². The van der Waals surface area contributed by atoms with Crippen LogP contribution >= 0.6 is 0 Å². The average Bonchev–Trinajstić information content (AvgIpc) is 2.23. The SMILES string of the molecule is O=C(O)CCC(=O)ONOC(=O)CCC(=O)O. The van der Waals surface area contributed by atoms with Gasteiger partial charge in [0.1, 0.15) is 0 Å². The highest BCUT2D eigenvalue weighted by molar-refractivity contribution is 5.77. The molecule has 0 bridgehead atoms. The summed E-state index contributed by atoms with van der Waals surface area (Å²) in [6, 6.07) is 0. The number of carboxylic acid groups (broad SMARTS) is 2. The lowest BCUT2D eigenvalue weighted by Gasteiger charge is -2.04. The molecular weight excluding hydrogens is 238 g/mol. The van der Waals surface area contributed by atoms with Crippen LogP contribution < -0.4 is 5.64 Å². The minimum Gasteiger partial charge on any atom is -0.481 e. The first-order valence-electron chi connectivity index (χ1n) is 4.49. The molecule has 0 rings (SSSR count). The van der Waals surface area contributed by atoms with E-state index in [-0.39, 0.29) is 12.8 Å². The summed E-state index contributed by atoms with van der Waals surface area (Å²) < 4.78 is 0. The van der Waals surface area contributed by atoms with E-state index in [1.165, 1.54) is 0 Å². The van der Waals surface area contributed by atoms with E-state index in [2.05, 4.69) is 9.68 Å². The Kier molecular flexibility index (Phi) is 7.02. The summed E-state index contributed by atoms with van der Waals surface area (Å²) in [5.41, 5.74) is 1.55. The molecule has 0 spiro atoms. The third kappa shape index (κ3) is 10.1. The molecule has 0 aromatic rings. The monoisotopic (exact) mass is 249 g/mol. The number of carbonyl (C=O) groups is 4. The Bertz CT molecular complexity index is 283. The maximum absolute atomic E-state index is 10.8. The highest BCUT2D eigenvalue weighted by Crippen LogP contribution is 1.93. The van der Waals surface area contributed by atoms with Crippen molar-refractivity contribution in [3.63, 3.8) is 0 Å². The van der Waals surface area contributed by atoms with Crippen molar-refractivity contribution in [1.29, 1.82) is 0 Å². The van der Waals surface area contributed by atoms with Crippen LogP contribution in [-0.2, 0) is 28.9 Å². The average molecular weight is 249 g/mol. The Morgan fingerprint density at radius 2 is 1.12 bits per heavy atom. The first-order chi connectivity index (χ1) is 7.91. The van der Waals surface area contributed by atoms with Gasteiger partial charge in [-0.05, 0) is 0 Å². The van der Waals surface area contributed by atoms with Crippen molar-refractivity contribution < 1.29 is 39.1 Å². The number of rotatable bonds is 8. The molecule has 0 saturated heterocycles. The van der Waals surface area contributed by atoms with Crippen LogP contribution in [0.3, 0.4) is 0 Å². The smallest absolute Gasteiger partial charge is 0.329 e. The van der Waals surface area contributed by atoms with Gasteiger partial charge < -0.3 is 19.9 Å². The molecule has 0 aromatic heterocycles. The highest BCUT2D eigenvalue weighted by atomic mass is 16.9. The van der Waals surface area contributed by atoms with Gasteiger partial charge in [0.05, 0.1) is 25.7 Å². The Hall–Kier alpha value is -2.16. The Labute approximate surface area is 95.2 Å². The molecule has 0 radical (unpaired) electrons. The summed E-state index contributed by atoms with van der Waals surface area (Å²) in [6.07, 6.45) is -1.58. The van der Waals surface area contributed by atoms with Gasteiger partial charge in [-0.1, -0.05) is 0 Å². The largest absolute Gasteiger partial charge is 0.481 e. The maximum atomic E-state index is 10.8. The van der Waals surface area contributed by atoms with Crippen LogP contribution in [0.2, 0.25) is 0 Å². The zero-order valence-electron chi connectivity index (χ0n) is 8.67. The molecule has 0 aromatic carbocycles. The molecule has 0 fully saturated rings. The molecule has 96 valence electrons. The predicted octanol–water partition coefficient (Wildman–Crippen LogP) is -0.778. The topological polar surface area (TPSA) is 139 Å². The molecule has 0 saturated carbocycles. The van der Waals surface area contributed by atoms with Gasteiger partial charge in [0.15, 0.2) is 0 Å². The second-order valence-electron chi connectivity index (χ2n) is 2.82.